The maximum atomic E-state index is 10.1. The first kappa shape index (κ1) is 10.2. The molecule has 0 aliphatic carbocycles. The Morgan fingerprint density at radius 1 is 1.62 bits per heavy atom. The Morgan fingerprint density at radius 2 is 1.62 bits per heavy atom. The van der Waals surface area contributed by atoms with Gasteiger partial charge in [-0.15, -0.1) is 10.1 Å². The van der Waals surface area contributed by atoms with E-state index in [1.807, 2.05) is 0 Å². The molecule has 0 aliphatic rings. The van der Waals surface area contributed by atoms with Crippen LogP contribution >= 0.6 is 0 Å². The van der Waals surface area contributed by atoms with Crippen LogP contribution in [0.15, 0.2) is 0 Å². The van der Waals surface area contributed by atoms with Gasteiger partial charge in [-0.1, -0.05) is 0 Å². The van der Waals surface area contributed by atoms with E-state index in [9.17, 15) is 4.32 Å². The highest BCUT2D eigenvalue weighted by molar-refractivity contribution is 6.31. The summed E-state index contributed by atoms with van der Waals surface area (Å²) >= 11 is 0. The Bertz CT molecular complexity index is 56.7. The molecule has 0 spiro atoms. The molecular formula is H3BFNO5. The predicted octanol–water partition coefficient (Wildman–Crippen LogP) is -1.42. The zero-order valence-corrected chi connectivity index (χ0v) is 3.56. The van der Waals surface area contributed by atoms with Gasteiger partial charge in [0.05, 0.1) is 0 Å². The average molecular weight is 127 g/mol. The summed E-state index contributed by atoms with van der Waals surface area (Å²) in [6.07, 6.45) is 0. The topological polar surface area (TPSA) is 104 Å². The average Bonchev–Trinajstić information content (AvgIpc) is 1.25. The van der Waals surface area contributed by atoms with E-state index >= 15 is 0 Å². The fourth-order valence-electron chi connectivity index (χ4n) is 0. The number of hydrogen-bond donors (Lipinski definition) is 3. The minimum absolute atomic E-state index is 1.50. The van der Waals surface area contributed by atoms with Gasteiger partial charge in [0.25, 0.3) is 5.09 Å². The lowest BCUT2D eigenvalue weighted by Crippen LogP contribution is -1.98. The van der Waals surface area contributed by atoms with Crippen molar-refractivity contribution in [3.63, 3.8) is 0 Å². The van der Waals surface area contributed by atoms with Crippen LogP contribution in [-0.4, -0.2) is 27.7 Å². The molecule has 8 heavy (non-hydrogen) atoms. The lowest BCUT2D eigenvalue weighted by Gasteiger charge is -1.65. The van der Waals surface area contributed by atoms with Crippen molar-refractivity contribution in [3.05, 3.63) is 10.1 Å². The van der Waals surface area contributed by atoms with Crippen molar-refractivity contribution < 1.29 is 24.7 Å². The smallest absolute Gasteiger partial charge is 0.398 e. The first-order valence-corrected chi connectivity index (χ1v) is 1.30. The fraction of sp³-hybridized carbons (Fsp3) is 0. The van der Waals surface area contributed by atoms with Crippen LogP contribution in [0.5, 0.6) is 0 Å². The molecule has 0 amide bonds. The molecular weight excluding hydrogens is 124 g/mol. The molecule has 0 radical (unpaired) electrons. The number of nitrogens with zero attached hydrogens (tertiary/aromatic N) is 1. The highest BCUT2D eigenvalue weighted by Gasteiger charge is 1.97. The quantitative estimate of drug-likeness (QED) is 0.210. The van der Waals surface area contributed by atoms with Crippen LogP contribution in [-0.2, 0) is 0 Å². The molecule has 0 aromatic rings. The van der Waals surface area contributed by atoms with Crippen molar-refractivity contribution in [1.82, 2.24) is 0 Å². The van der Waals surface area contributed by atoms with Crippen LogP contribution in [0.25, 0.3) is 0 Å². The minimum atomic E-state index is -2.67. The highest BCUT2D eigenvalue weighted by atomic mass is 19.1. The van der Waals surface area contributed by atoms with E-state index in [4.69, 9.17) is 25.4 Å². The third-order valence-corrected chi connectivity index (χ3v) is 0. The van der Waals surface area contributed by atoms with Gasteiger partial charge in [-0.3, -0.25) is 4.32 Å². The van der Waals surface area contributed by atoms with Gasteiger partial charge in [0.15, 0.2) is 0 Å². The summed E-state index contributed by atoms with van der Waals surface area (Å²) in [5, 5.41) is 27.5. The molecule has 0 aromatic carbocycles. The minimum Gasteiger partial charge on any atom is -0.398 e. The third-order valence-electron chi connectivity index (χ3n) is 0. The van der Waals surface area contributed by atoms with Crippen molar-refractivity contribution in [2.45, 2.75) is 0 Å². The Balaban J connectivity index is 0. The fourth-order valence-corrected chi connectivity index (χ4v) is 0. The molecule has 0 aromatic heterocycles. The van der Waals surface area contributed by atoms with Crippen molar-refractivity contribution in [1.29, 1.82) is 0 Å². The van der Waals surface area contributed by atoms with Crippen LogP contribution in [0.2, 0.25) is 0 Å². The van der Waals surface area contributed by atoms with Gasteiger partial charge in [-0.25, -0.2) is 0 Å². The summed E-state index contributed by atoms with van der Waals surface area (Å²) in [5.74, 6) is 0. The molecule has 0 fully saturated rings. The zero-order chi connectivity index (χ0) is 7.15. The lowest BCUT2D eigenvalue weighted by atomic mass is 10.3. The van der Waals surface area contributed by atoms with Crippen molar-refractivity contribution in [2.24, 2.45) is 0 Å². The van der Waals surface area contributed by atoms with E-state index in [2.05, 4.69) is 0 Å². The first-order valence-electron chi connectivity index (χ1n) is 1.30. The Kier molecular flexibility index (Phi) is 7.77. The van der Waals surface area contributed by atoms with Crippen molar-refractivity contribution >= 4 is 7.40 Å². The van der Waals surface area contributed by atoms with Gasteiger partial charge in [-0.05, 0) is 0 Å². The highest BCUT2D eigenvalue weighted by Crippen LogP contribution is 1.57. The van der Waals surface area contributed by atoms with Gasteiger partial charge >= 0.3 is 7.40 Å². The first-order chi connectivity index (χ1) is 3.46. The number of halogens is 1. The van der Waals surface area contributed by atoms with Gasteiger partial charge in [0.2, 0.25) is 0 Å². The Labute approximate surface area is 43.5 Å². The largest absolute Gasteiger partial charge is 0.674 e. The maximum Gasteiger partial charge on any atom is 0.674 e. The van der Waals surface area contributed by atoms with Crippen LogP contribution < -0.4 is 0 Å². The summed E-state index contributed by atoms with van der Waals surface area (Å²) in [7, 11) is -2.67. The van der Waals surface area contributed by atoms with Gasteiger partial charge in [-0.2, -0.15) is 0 Å². The summed E-state index contributed by atoms with van der Waals surface area (Å²) in [4.78, 5) is 8.36. The van der Waals surface area contributed by atoms with E-state index in [0.717, 1.165) is 0 Å². The summed E-state index contributed by atoms with van der Waals surface area (Å²) in [5.41, 5.74) is 0. The summed E-state index contributed by atoms with van der Waals surface area (Å²) < 4.78 is 10.1. The van der Waals surface area contributed by atoms with E-state index in [1.165, 1.54) is 0 Å². The molecule has 0 heterocycles. The maximum absolute atomic E-state index is 10.1. The van der Waals surface area contributed by atoms with Gasteiger partial charge < -0.3 is 15.3 Å². The van der Waals surface area contributed by atoms with Gasteiger partial charge in [0, 0.05) is 0 Å². The summed E-state index contributed by atoms with van der Waals surface area (Å²) in [6.45, 7) is 0. The Hall–Kier alpha value is -0.885. The monoisotopic (exact) mass is 127 g/mol. The second-order valence-corrected chi connectivity index (χ2v) is 0.548. The molecule has 0 saturated carbocycles. The molecule has 0 aliphatic heterocycles. The molecule has 0 unspecified atom stereocenters. The van der Waals surface area contributed by atoms with E-state index in [1.54, 1.807) is 0 Å². The molecule has 8 heteroatoms. The van der Waals surface area contributed by atoms with Crippen molar-refractivity contribution in [2.75, 3.05) is 0 Å². The molecule has 0 atom stereocenters. The van der Waals surface area contributed by atoms with Crippen LogP contribution in [0, 0.1) is 10.1 Å². The molecule has 0 saturated heterocycles. The second-order valence-electron chi connectivity index (χ2n) is 0.548. The SMILES string of the molecule is O=[N+]([O-])O.OB(O)F. The molecule has 6 nitrogen and oxygen atoms in total. The molecule has 3 N–H and O–H groups in total. The molecule has 0 bridgehead atoms. The lowest BCUT2D eigenvalue weighted by molar-refractivity contribution is -0.742. The number of hydrogen-bond acceptors (Lipinski definition) is 4. The predicted molar refractivity (Wildman–Crippen MR) is 20.1 cm³/mol. The number of rotatable bonds is 0. The summed E-state index contributed by atoms with van der Waals surface area (Å²) in [6, 6.07) is 0. The van der Waals surface area contributed by atoms with Crippen LogP contribution in [0.3, 0.4) is 0 Å². The zero-order valence-electron chi connectivity index (χ0n) is 3.56. The van der Waals surface area contributed by atoms with Crippen LogP contribution in [0.1, 0.15) is 0 Å². The molecule has 48 valence electrons. The van der Waals surface area contributed by atoms with Gasteiger partial charge in [0.1, 0.15) is 0 Å². The Morgan fingerprint density at radius 3 is 1.62 bits per heavy atom. The van der Waals surface area contributed by atoms with Crippen molar-refractivity contribution in [3.8, 4) is 0 Å². The molecule has 0 rings (SSSR count). The second kappa shape index (κ2) is 6.11. The van der Waals surface area contributed by atoms with E-state index in [0.29, 0.717) is 0 Å². The normalized spacial score (nSPS) is 6.38. The van der Waals surface area contributed by atoms with E-state index < -0.39 is 12.5 Å². The van der Waals surface area contributed by atoms with E-state index in [-0.39, 0.29) is 0 Å². The standard InChI is InChI=1S/BFH2O2.HNO3/c2*2-1(3)4/h3-4H;(H,2,3,4). The van der Waals surface area contributed by atoms with Crippen LogP contribution in [0.4, 0.5) is 4.32 Å². The third kappa shape index (κ3) is 111.